The minimum Gasteiger partial charge on any atom is -0.382 e. The number of hydrogen-bond donors (Lipinski definition) is 1. The van der Waals surface area contributed by atoms with Gasteiger partial charge in [0.15, 0.2) is 0 Å². The van der Waals surface area contributed by atoms with E-state index in [0.29, 0.717) is 19.1 Å². The lowest BCUT2D eigenvalue weighted by Crippen LogP contribution is -2.44. The Morgan fingerprint density at radius 2 is 2.00 bits per heavy atom. The monoisotopic (exact) mass is 284 g/mol. The summed E-state index contributed by atoms with van der Waals surface area (Å²) in [6.45, 7) is 4.98. The lowest BCUT2D eigenvalue weighted by molar-refractivity contribution is -0.133. The van der Waals surface area contributed by atoms with Crippen LogP contribution >= 0.6 is 0 Å². The number of amides is 1. The highest BCUT2D eigenvalue weighted by Crippen LogP contribution is 2.36. The quantitative estimate of drug-likeness (QED) is 0.687. The minimum absolute atomic E-state index is 0.176. The number of ether oxygens (including phenoxy) is 2. The smallest absolute Gasteiger partial charge is 0.244 e. The van der Waals surface area contributed by atoms with E-state index < -0.39 is 0 Å². The summed E-state index contributed by atoms with van der Waals surface area (Å²) in [5.41, 5.74) is -0.228. The van der Waals surface area contributed by atoms with Gasteiger partial charge in [-0.05, 0) is 32.6 Å². The van der Waals surface area contributed by atoms with Crippen molar-refractivity contribution < 1.29 is 14.3 Å². The molecule has 0 aromatic heterocycles. The molecule has 5 heteroatoms. The van der Waals surface area contributed by atoms with E-state index >= 15 is 0 Å². The first-order valence-electron chi connectivity index (χ1n) is 7.85. The Kier molecular flexibility index (Phi) is 5.81. The van der Waals surface area contributed by atoms with Crippen molar-refractivity contribution in [3.05, 3.63) is 0 Å². The Hall–Kier alpha value is -0.650. The number of nitrogens with one attached hydrogen (secondary N) is 1. The van der Waals surface area contributed by atoms with E-state index in [1.54, 1.807) is 7.11 Å². The summed E-state index contributed by atoms with van der Waals surface area (Å²) < 4.78 is 10.4. The number of unbranched alkanes of at least 4 members (excludes halogenated alkanes) is 1. The molecule has 0 bridgehead atoms. The second kappa shape index (κ2) is 7.38. The molecule has 1 aliphatic carbocycles. The molecule has 1 atom stereocenters. The van der Waals surface area contributed by atoms with Crippen molar-refractivity contribution in [3.8, 4) is 0 Å². The average molecular weight is 284 g/mol. The van der Waals surface area contributed by atoms with Gasteiger partial charge in [0.2, 0.25) is 5.91 Å². The molecule has 0 radical (unpaired) electrons. The second-order valence-corrected chi connectivity index (χ2v) is 5.92. The van der Waals surface area contributed by atoms with Gasteiger partial charge in [0.25, 0.3) is 0 Å². The number of carbonyl (C=O) groups excluding carboxylic acids is 1. The van der Waals surface area contributed by atoms with Crippen molar-refractivity contribution >= 4 is 5.91 Å². The van der Waals surface area contributed by atoms with E-state index in [4.69, 9.17) is 9.47 Å². The maximum atomic E-state index is 12.6. The van der Waals surface area contributed by atoms with Crippen LogP contribution < -0.4 is 5.32 Å². The van der Waals surface area contributed by atoms with Crippen LogP contribution in [0.15, 0.2) is 0 Å². The molecule has 5 nitrogen and oxygen atoms in total. The first-order valence-corrected chi connectivity index (χ1v) is 7.85. The van der Waals surface area contributed by atoms with E-state index in [1.165, 1.54) is 12.8 Å². The summed E-state index contributed by atoms with van der Waals surface area (Å²) >= 11 is 0. The fourth-order valence-corrected chi connectivity index (χ4v) is 3.35. The van der Waals surface area contributed by atoms with E-state index in [9.17, 15) is 4.79 Å². The van der Waals surface area contributed by atoms with Crippen molar-refractivity contribution in [1.82, 2.24) is 10.2 Å². The Morgan fingerprint density at radius 1 is 1.25 bits per heavy atom. The Morgan fingerprint density at radius 3 is 2.70 bits per heavy atom. The van der Waals surface area contributed by atoms with Gasteiger partial charge in [-0.25, -0.2) is 0 Å². The van der Waals surface area contributed by atoms with Gasteiger partial charge in [-0.15, -0.1) is 0 Å². The third kappa shape index (κ3) is 3.51. The van der Waals surface area contributed by atoms with Crippen LogP contribution in [0.3, 0.4) is 0 Å². The molecule has 1 saturated heterocycles. The summed E-state index contributed by atoms with van der Waals surface area (Å²) in [5, 5.41) is 3.53. The van der Waals surface area contributed by atoms with E-state index in [1.807, 2.05) is 4.90 Å². The van der Waals surface area contributed by atoms with Crippen molar-refractivity contribution in [2.24, 2.45) is 0 Å². The maximum absolute atomic E-state index is 12.6. The largest absolute Gasteiger partial charge is 0.382 e. The zero-order valence-corrected chi connectivity index (χ0v) is 12.8. The third-order valence-corrected chi connectivity index (χ3v) is 4.45. The molecule has 1 saturated carbocycles. The molecule has 0 aromatic carbocycles. The molecule has 2 aliphatic rings. The molecule has 2 rings (SSSR count). The normalized spacial score (nSPS) is 25.0. The molecular formula is C15H28N2O3. The molecule has 1 unspecified atom stereocenters. The standard InChI is InChI=1S/C15H28N2O3/c1-13-16-15(7-3-4-8-15)14(18)17(13)9-5-6-10-20-12-11-19-2/h13,16H,3-12H2,1-2H3. The summed E-state index contributed by atoms with van der Waals surface area (Å²) in [4.78, 5) is 14.6. The summed E-state index contributed by atoms with van der Waals surface area (Å²) in [6, 6.07) is 0. The van der Waals surface area contributed by atoms with Crippen LogP contribution in [0, 0.1) is 0 Å². The van der Waals surface area contributed by atoms with Gasteiger partial charge in [-0.2, -0.15) is 0 Å². The summed E-state index contributed by atoms with van der Waals surface area (Å²) in [6.07, 6.45) is 6.53. The predicted molar refractivity (Wildman–Crippen MR) is 77.4 cm³/mol. The Labute approximate surface area is 122 Å². The average Bonchev–Trinajstić information content (AvgIpc) is 2.98. The molecule has 20 heavy (non-hydrogen) atoms. The number of carbonyl (C=O) groups is 1. The molecule has 1 aliphatic heterocycles. The van der Waals surface area contributed by atoms with Gasteiger partial charge in [0, 0.05) is 20.3 Å². The van der Waals surface area contributed by atoms with Crippen LogP contribution in [0.1, 0.15) is 45.4 Å². The maximum Gasteiger partial charge on any atom is 0.244 e. The summed E-state index contributed by atoms with van der Waals surface area (Å²) in [7, 11) is 1.68. The molecular weight excluding hydrogens is 256 g/mol. The van der Waals surface area contributed by atoms with Crippen LogP contribution in [-0.2, 0) is 14.3 Å². The molecule has 1 spiro atoms. The van der Waals surface area contributed by atoms with Crippen molar-refractivity contribution in [2.45, 2.75) is 57.2 Å². The predicted octanol–water partition coefficient (Wildman–Crippen LogP) is 1.52. The van der Waals surface area contributed by atoms with Crippen molar-refractivity contribution in [1.29, 1.82) is 0 Å². The number of hydrogen-bond acceptors (Lipinski definition) is 4. The van der Waals surface area contributed by atoms with Gasteiger partial charge < -0.3 is 14.4 Å². The number of nitrogens with zero attached hydrogens (tertiary/aromatic N) is 1. The van der Waals surface area contributed by atoms with Crippen LogP contribution in [-0.4, -0.2) is 56.0 Å². The van der Waals surface area contributed by atoms with Gasteiger partial charge in [-0.1, -0.05) is 12.8 Å². The minimum atomic E-state index is -0.228. The summed E-state index contributed by atoms with van der Waals surface area (Å²) in [5.74, 6) is 0.322. The van der Waals surface area contributed by atoms with Gasteiger partial charge >= 0.3 is 0 Å². The molecule has 1 N–H and O–H groups in total. The lowest BCUT2D eigenvalue weighted by Gasteiger charge is -2.22. The first-order chi connectivity index (χ1) is 9.69. The third-order valence-electron chi connectivity index (χ3n) is 4.45. The molecule has 0 aromatic rings. The molecule has 116 valence electrons. The van der Waals surface area contributed by atoms with Gasteiger partial charge in [0.1, 0.15) is 0 Å². The molecule has 1 amide bonds. The highest BCUT2D eigenvalue weighted by atomic mass is 16.5. The van der Waals surface area contributed by atoms with Gasteiger partial charge in [0.05, 0.1) is 24.9 Å². The number of methoxy groups -OCH3 is 1. The van der Waals surface area contributed by atoms with Crippen LogP contribution in [0.2, 0.25) is 0 Å². The Bertz CT molecular complexity index is 316. The van der Waals surface area contributed by atoms with E-state index in [2.05, 4.69) is 12.2 Å². The fourth-order valence-electron chi connectivity index (χ4n) is 3.35. The topological polar surface area (TPSA) is 50.8 Å². The first kappa shape index (κ1) is 15.7. The lowest BCUT2D eigenvalue weighted by atomic mass is 9.98. The van der Waals surface area contributed by atoms with Crippen molar-refractivity contribution in [3.63, 3.8) is 0 Å². The Balaban J connectivity index is 1.67. The second-order valence-electron chi connectivity index (χ2n) is 5.92. The SMILES string of the molecule is COCCOCCCCN1C(=O)C2(CCCC2)NC1C. The van der Waals surface area contributed by atoms with Crippen LogP contribution in [0.5, 0.6) is 0 Å². The number of rotatable bonds is 8. The van der Waals surface area contributed by atoms with Crippen molar-refractivity contribution in [2.75, 3.05) is 33.5 Å². The zero-order chi connectivity index (χ0) is 14.4. The van der Waals surface area contributed by atoms with Gasteiger partial charge in [-0.3, -0.25) is 10.1 Å². The van der Waals surface area contributed by atoms with E-state index in [-0.39, 0.29) is 11.7 Å². The molecule has 1 heterocycles. The highest BCUT2D eigenvalue weighted by molar-refractivity contribution is 5.89. The van der Waals surface area contributed by atoms with Crippen LogP contribution in [0.25, 0.3) is 0 Å². The van der Waals surface area contributed by atoms with E-state index in [0.717, 1.165) is 38.8 Å². The fraction of sp³-hybridized carbons (Fsp3) is 0.933. The zero-order valence-electron chi connectivity index (χ0n) is 12.8. The molecule has 2 fully saturated rings. The van der Waals surface area contributed by atoms with Crippen LogP contribution in [0.4, 0.5) is 0 Å². The highest BCUT2D eigenvalue weighted by Gasteiger charge is 2.50.